The molecule has 2 spiro atoms. The predicted octanol–water partition coefficient (Wildman–Crippen LogP) is 17.6. The zero-order valence-electron chi connectivity index (χ0n) is 37.4. The minimum Gasteiger partial charge on any atom is -0.310 e. The van der Waals surface area contributed by atoms with E-state index >= 15 is 0 Å². The highest BCUT2D eigenvalue weighted by Crippen LogP contribution is 2.65. The van der Waals surface area contributed by atoms with Crippen molar-refractivity contribution in [2.75, 3.05) is 4.90 Å². The average Bonchev–Trinajstić information content (AvgIpc) is 3.86. The zero-order valence-corrected chi connectivity index (χ0v) is 39.1. The second-order valence-corrected chi connectivity index (χ2v) is 20.9. The standard InChI is InChI=1S/C66H41NS2/c1-2-16-42(17-3-1)43-30-31-45-39-46(33-32-44(45)38-43)67(47-35-37-55-52(40-47)50-19-5-7-21-54(50)65(55)56-22-8-12-26-61(56)68-62-27-13-9-23-57(62)65)48-34-36-51-49-18-4-6-20-53(49)66(60(51)41-48)58-24-10-14-28-63(58)69-64-29-15-11-25-59(64)66/h1-41H. The van der Waals surface area contributed by atoms with E-state index < -0.39 is 10.8 Å². The Morgan fingerprint density at radius 2 is 0.652 bits per heavy atom. The Labute approximate surface area is 410 Å². The molecule has 0 bridgehead atoms. The van der Waals surface area contributed by atoms with Crippen LogP contribution in [0, 0.1) is 0 Å². The SMILES string of the molecule is c1ccc(-c2ccc3cc(N(c4ccc5c(c4)-c4ccccc4C54c5ccccc5Sc5ccccc54)c4ccc5c(c4)C4(c6ccccc6Sc6ccccc64)c4ccccc4-5)ccc3c2)cc1. The molecule has 0 amide bonds. The van der Waals surface area contributed by atoms with Gasteiger partial charge >= 0.3 is 0 Å². The van der Waals surface area contributed by atoms with E-state index in [9.17, 15) is 0 Å². The Kier molecular flexibility index (Phi) is 8.43. The molecule has 0 unspecified atom stereocenters. The van der Waals surface area contributed by atoms with E-state index in [0.717, 1.165) is 17.1 Å². The van der Waals surface area contributed by atoms with Crippen LogP contribution in [0.2, 0.25) is 0 Å². The van der Waals surface area contributed by atoms with Gasteiger partial charge in [0.2, 0.25) is 0 Å². The van der Waals surface area contributed by atoms with Crippen LogP contribution >= 0.6 is 23.5 Å². The molecule has 11 aromatic carbocycles. The maximum atomic E-state index is 2.52. The first-order chi connectivity index (χ1) is 34.2. The summed E-state index contributed by atoms with van der Waals surface area (Å²) in [5.41, 5.74) is 20.7. The number of benzene rings is 11. The van der Waals surface area contributed by atoms with Crippen LogP contribution in [0.1, 0.15) is 44.5 Å². The van der Waals surface area contributed by atoms with E-state index in [4.69, 9.17) is 0 Å². The fraction of sp³-hybridized carbons (Fsp3) is 0.0303. The Hall–Kier alpha value is -7.82. The van der Waals surface area contributed by atoms with Gasteiger partial charge in [0.1, 0.15) is 0 Å². The molecule has 2 aliphatic heterocycles. The molecular weight excluding hydrogens is 871 g/mol. The number of anilines is 3. The van der Waals surface area contributed by atoms with E-state index in [2.05, 4.69) is 254 Å². The third kappa shape index (κ3) is 5.40. The minimum atomic E-state index is -0.494. The Morgan fingerprint density at radius 3 is 1.26 bits per heavy atom. The molecule has 0 atom stereocenters. The molecule has 2 aliphatic carbocycles. The van der Waals surface area contributed by atoms with Crippen molar-refractivity contribution in [3.05, 3.63) is 293 Å². The average molecular weight is 912 g/mol. The molecule has 1 nitrogen and oxygen atoms in total. The highest BCUT2D eigenvalue weighted by molar-refractivity contribution is 7.99. The number of fused-ring (bicyclic) bond motifs is 19. The van der Waals surface area contributed by atoms with Gasteiger partial charge in [0.15, 0.2) is 0 Å². The Balaban J connectivity index is 0.986. The molecular formula is C66H41NS2. The van der Waals surface area contributed by atoms with Crippen LogP contribution in [0.3, 0.4) is 0 Å². The van der Waals surface area contributed by atoms with Crippen LogP contribution < -0.4 is 4.90 Å². The lowest BCUT2D eigenvalue weighted by Crippen LogP contribution is -2.32. The highest BCUT2D eigenvalue weighted by atomic mass is 32.2. The molecule has 69 heavy (non-hydrogen) atoms. The molecule has 0 aromatic heterocycles. The van der Waals surface area contributed by atoms with Crippen LogP contribution in [0.15, 0.2) is 268 Å². The number of hydrogen-bond donors (Lipinski definition) is 0. The van der Waals surface area contributed by atoms with E-state index in [1.807, 2.05) is 23.5 Å². The predicted molar refractivity (Wildman–Crippen MR) is 287 cm³/mol. The van der Waals surface area contributed by atoms with Crippen LogP contribution in [-0.4, -0.2) is 0 Å². The smallest absolute Gasteiger partial charge is 0.0736 e. The van der Waals surface area contributed by atoms with Gasteiger partial charge in [-0.2, -0.15) is 0 Å². The Morgan fingerprint density at radius 1 is 0.246 bits per heavy atom. The summed E-state index contributed by atoms with van der Waals surface area (Å²) in [5, 5.41) is 2.42. The largest absolute Gasteiger partial charge is 0.310 e. The maximum Gasteiger partial charge on any atom is 0.0736 e. The van der Waals surface area contributed by atoms with Gasteiger partial charge < -0.3 is 4.90 Å². The zero-order chi connectivity index (χ0) is 45.3. The first-order valence-electron chi connectivity index (χ1n) is 23.8. The molecule has 0 radical (unpaired) electrons. The van der Waals surface area contributed by atoms with Crippen LogP contribution in [0.4, 0.5) is 17.1 Å². The van der Waals surface area contributed by atoms with Crippen molar-refractivity contribution in [2.24, 2.45) is 0 Å². The molecule has 11 aromatic rings. The number of rotatable bonds is 4. The summed E-state index contributed by atoms with van der Waals surface area (Å²) in [5.74, 6) is 0. The first kappa shape index (κ1) is 39.2. The number of nitrogens with zero attached hydrogens (tertiary/aromatic N) is 1. The van der Waals surface area contributed by atoms with Crippen LogP contribution in [0.25, 0.3) is 44.2 Å². The molecule has 4 aliphatic rings. The lowest BCUT2D eigenvalue weighted by Gasteiger charge is -2.40. The van der Waals surface area contributed by atoms with Crippen LogP contribution in [0.5, 0.6) is 0 Å². The summed E-state index contributed by atoms with van der Waals surface area (Å²) >= 11 is 3.78. The van der Waals surface area contributed by atoms with E-state index in [-0.39, 0.29) is 0 Å². The van der Waals surface area contributed by atoms with Gasteiger partial charge in [-0.3, -0.25) is 0 Å². The quantitative estimate of drug-likeness (QED) is 0.173. The lowest BCUT2D eigenvalue weighted by molar-refractivity contribution is 0.722. The van der Waals surface area contributed by atoms with Crippen LogP contribution in [-0.2, 0) is 10.8 Å². The van der Waals surface area contributed by atoms with Gasteiger partial charge in [0.25, 0.3) is 0 Å². The maximum absolute atomic E-state index is 2.52. The van der Waals surface area contributed by atoms with Gasteiger partial charge in [0.05, 0.1) is 10.8 Å². The van der Waals surface area contributed by atoms with Gasteiger partial charge in [0, 0.05) is 36.6 Å². The molecule has 15 rings (SSSR count). The van der Waals surface area contributed by atoms with Gasteiger partial charge in [-0.1, -0.05) is 206 Å². The van der Waals surface area contributed by atoms with Crippen molar-refractivity contribution in [1.82, 2.24) is 0 Å². The normalized spacial score (nSPS) is 14.5. The van der Waals surface area contributed by atoms with E-state index in [0.29, 0.717) is 0 Å². The van der Waals surface area contributed by atoms with Crippen molar-refractivity contribution in [1.29, 1.82) is 0 Å². The fourth-order valence-electron chi connectivity index (χ4n) is 12.6. The Bertz CT molecular complexity index is 3850. The molecule has 0 saturated heterocycles. The van der Waals surface area contributed by atoms with Gasteiger partial charge in [-0.15, -0.1) is 0 Å². The molecule has 0 N–H and O–H groups in total. The van der Waals surface area contributed by atoms with Gasteiger partial charge in [-0.25, -0.2) is 0 Å². The highest BCUT2D eigenvalue weighted by Gasteiger charge is 2.52. The summed E-state index contributed by atoms with van der Waals surface area (Å²) in [4.78, 5) is 7.76. The number of hydrogen-bond acceptors (Lipinski definition) is 3. The third-order valence-electron chi connectivity index (χ3n) is 15.4. The van der Waals surface area contributed by atoms with Crippen molar-refractivity contribution in [3.8, 4) is 33.4 Å². The van der Waals surface area contributed by atoms with Crippen molar-refractivity contribution >= 4 is 51.4 Å². The third-order valence-corrected chi connectivity index (χ3v) is 17.7. The summed E-state index contributed by atoms with van der Waals surface area (Å²) < 4.78 is 0. The van der Waals surface area contributed by atoms with Gasteiger partial charge in [-0.05, 0) is 155 Å². The lowest BCUT2D eigenvalue weighted by atomic mass is 9.67. The van der Waals surface area contributed by atoms with Crippen molar-refractivity contribution in [2.45, 2.75) is 30.4 Å². The first-order valence-corrected chi connectivity index (χ1v) is 25.4. The fourth-order valence-corrected chi connectivity index (χ4v) is 15.0. The summed E-state index contributed by atoms with van der Waals surface area (Å²) in [6, 6.07) is 93.8. The molecule has 2 heterocycles. The summed E-state index contributed by atoms with van der Waals surface area (Å²) in [6.07, 6.45) is 0. The van der Waals surface area contributed by atoms with E-state index in [1.54, 1.807) is 0 Å². The summed E-state index contributed by atoms with van der Waals surface area (Å²) in [7, 11) is 0. The minimum absolute atomic E-state index is 0.446. The topological polar surface area (TPSA) is 3.24 Å². The molecule has 3 heteroatoms. The molecule has 0 saturated carbocycles. The second kappa shape index (κ2) is 14.8. The molecule has 322 valence electrons. The van der Waals surface area contributed by atoms with Crippen molar-refractivity contribution in [3.63, 3.8) is 0 Å². The second-order valence-electron chi connectivity index (χ2n) is 18.7. The monoisotopic (exact) mass is 911 g/mol. The summed E-state index contributed by atoms with van der Waals surface area (Å²) in [6.45, 7) is 0. The van der Waals surface area contributed by atoms with Crippen molar-refractivity contribution < 1.29 is 0 Å². The van der Waals surface area contributed by atoms with E-state index in [1.165, 1.54) is 108 Å². The molecule has 0 fully saturated rings.